The summed E-state index contributed by atoms with van der Waals surface area (Å²) in [5.74, 6) is 0.834. The minimum atomic E-state index is 0.310. The fourth-order valence-electron chi connectivity index (χ4n) is 1.35. The van der Waals surface area contributed by atoms with Crippen LogP contribution < -0.4 is 0 Å². The number of benzene rings is 1. The lowest BCUT2D eigenvalue weighted by Gasteiger charge is -2.18. The Morgan fingerprint density at radius 2 is 2.27 bits per heavy atom. The van der Waals surface area contributed by atoms with Gasteiger partial charge >= 0.3 is 0 Å². The maximum atomic E-state index is 9.32. The maximum absolute atomic E-state index is 9.32. The highest BCUT2D eigenvalue weighted by Crippen LogP contribution is 2.12. The van der Waals surface area contributed by atoms with E-state index in [1.165, 1.54) is 0 Å². The molecule has 0 atom stereocenters. The van der Waals surface area contributed by atoms with Gasteiger partial charge in [0.15, 0.2) is 0 Å². The van der Waals surface area contributed by atoms with Crippen molar-refractivity contribution in [2.45, 2.75) is 13.5 Å². The Morgan fingerprint density at radius 1 is 1.47 bits per heavy atom. The molecule has 1 aromatic rings. The number of nitrogens with zero attached hydrogens (tertiary/aromatic N) is 1. The smallest absolute Gasteiger partial charge is 0.115 e. The number of halogens is 1. The first-order valence-corrected chi connectivity index (χ1v) is 5.54. The highest BCUT2D eigenvalue weighted by molar-refractivity contribution is 6.18. The van der Waals surface area contributed by atoms with Gasteiger partial charge in [-0.25, -0.2) is 0 Å². The first kappa shape index (κ1) is 11.9. The third kappa shape index (κ3) is 4.26. The van der Waals surface area contributed by atoms with Gasteiger partial charge in [-0.15, -0.1) is 11.6 Å². The van der Waals surface area contributed by atoms with Crippen LogP contribution in [0, 0.1) is 0 Å². The van der Waals surface area contributed by atoms with Gasteiger partial charge in [0.05, 0.1) is 0 Å². The minimum Gasteiger partial charge on any atom is -0.508 e. The Kier molecular flexibility index (Phi) is 5.05. The Bertz CT molecular complexity index is 325. The van der Waals surface area contributed by atoms with Crippen LogP contribution >= 0.6 is 11.6 Å². The topological polar surface area (TPSA) is 23.5 Å². The van der Waals surface area contributed by atoms with E-state index in [2.05, 4.69) is 11.8 Å². The molecule has 0 saturated carbocycles. The predicted molar refractivity (Wildman–Crippen MR) is 64.1 cm³/mol. The number of aromatic hydroxyl groups is 1. The van der Waals surface area contributed by atoms with Crippen LogP contribution in [0.2, 0.25) is 0 Å². The monoisotopic (exact) mass is 225 g/mol. The van der Waals surface area contributed by atoms with Crippen molar-refractivity contribution in [3.8, 4) is 5.75 Å². The van der Waals surface area contributed by atoms with Crippen molar-refractivity contribution in [3.63, 3.8) is 0 Å². The first-order chi connectivity index (χ1) is 7.26. The van der Waals surface area contributed by atoms with E-state index >= 15 is 0 Å². The number of phenols is 1. The van der Waals surface area contributed by atoms with E-state index in [0.29, 0.717) is 11.6 Å². The standard InChI is InChI=1S/C12H16ClNO/c1-2-14(8-4-7-13)10-11-5-3-6-12(15)9-11/h3-6,8-9,15H,2,7,10H2,1H3/b8-4+. The molecule has 0 saturated heterocycles. The molecule has 0 aliphatic heterocycles. The molecule has 0 bridgehead atoms. The van der Waals surface area contributed by atoms with Crippen molar-refractivity contribution in [2.75, 3.05) is 12.4 Å². The summed E-state index contributed by atoms with van der Waals surface area (Å²) in [5, 5.41) is 9.32. The van der Waals surface area contributed by atoms with Crippen LogP contribution in [-0.4, -0.2) is 22.4 Å². The third-order valence-electron chi connectivity index (χ3n) is 2.11. The highest BCUT2D eigenvalue weighted by atomic mass is 35.5. The molecule has 3 heteroatoms. The molecule has 15 heavy (non-hydrogen) atoms. The normalized spacial score (nSPS) is 10.8. The molecule has 1 aromatic carbocycles. The number of hydrogen-bond acceptors (Lipinski definition) is 2. The van der Waals surface area contributed by atoms with Gasteiger partial charge in [0, 0.05) is 19.0 Å². The van der Waals surface area contributed by atoms with Crippen LogP contribution in [0.3, 0.4) is 0 Å². The molecular formula is C12H16ClNO. The van der Waals surface area contributed by atoms with E-state index in [4.69, 9.17) is 11.6 Å². The quantitative estimate of drug-likeness (QED) is 0.779. The second kappa shape index (κ2) is 6.36. The summed E-state index contributed by atoms with van der Waals surface area (Å²) in [6, 6.07) is 7.30. The summed E-state index contributed by atoms with van der Waals surface area (Å²) >= 11 is 5.58. The average molecular weight is 226 g/mol. The largest absolute Gasteiger partial charge is 0.508 e. The lowest BCUT2D eigenvalue weighted by molar-refractivity contribution is 0.388. The fourth-order valence-corrected chi connectivity index (χ4v) is 1.43. The summed E-state index contributed by atoms with van der Waals surface area (Å²) < 4.78 is 0. The zero-order valence-corrected chi connectivity index (χ0v) is 9.61. The molecule has 0 unspecified atom stereocenters. The average Bonchev–Trinajstić information content (AvgIpc) is 2.24. The number of hydrogen-bond donors (Lipinski definition) is 1. The van der Waals surface area contributed by atoms with E-state index in [1.807, 2.05) is 24.4 Å². The van der Waals surface area contributed by atoms with E-state index < -0.39 is 0 Å². The molecule has 0 fully saturated rings. The van der Waals surface area contributed by atoms with Crippen LogP contribution in [-0.2, 0) is 6.54 Å². The molecule has 1 N–H and O–H groups in total. The zero-order valence-electron chi connectivity index (χ0n) is 8.86. The Balaban J connectivity index is 2.62. The van der Waals surface area contributed by atoms with Gasteiger partial charge < -0.3 is 10.0 Å². The van der Waals surface area contributed by atoms with Crippen molar-refractivity contribution in [2.24, 2.45) is 0 Å². The zero-order chi connectivity index (χ0) is 11.1. The van der Waals surface area contributed by atoms with Crippen molar-refractivity contribution >= 4 is 11.6 Å². The molecule has 1 rings (SSSR count). The SMILES string of the molecule is CCN(/C=C/CCl)Cc1cccc(O)c1. The number of allylic oxidation sites excluding steroid dienone is 1. The molecule has 0 heterocycles. The molecule has 82 valence electrons. The molecule has 0 radical (unpaired) electrons. The highest BCUT2D eigenvalue weighted by Gasteiger charge is 1.99. The van der Waals surface area contributed by atoms with Crippen LogP contribution in [0.1, 0.15) is 12.5 Å². The number of alkyl halides is 1. The van der Waals surface area contributed by atoms with Gasteiger partial charge in [0.2, 0.25) is 0 Å². The van der Waals surface area contributed by atoms with Gasteiger partial charge in [-0.1, -0.05) is 18.2 Å². The molecule has 0 aromatic heterocycles. The van der Waals surface area contributed by atoms with Crippen LogP contribution in [0.25, 0.3) is 0 Å². The fraction of sp³-hybridized carbons (Fsp3) is 0.333. The van der Waals surface area contributed by atoms with Gasteiger partial charge in [-0.2, -0.15) is 0 Å². The number of rotatable bonds is 5. The van der Waals surface area contributed by atoms with Crippen molar-refractivity contribution in [3.05, 3.63) is 42.1 Å². The van der Waals surface area contributed by atoms with Gasteiger partial charge in [-0.3, -0.25) is 0 Å². The van der Waals surface area contributed by atoms with E-state index in [9.17, 15) is 5.11 Å². The molecule has 2 nitrogen and oxygen atoms in total. The first-order valence-electron chi connectivity index (χ1n) is 5.01. The van der Waals surface area contributed by atoms with Gasteiger partial charge in [0.25, 0.3) is 0 Å². The third-order valence-corrected chi connectivity index (χ3v) is 2.29. The molecule has 0 spiro atoms. The van der Waals surface area contributed by atoms with Crippen LogP contribution in [0.15, 0.2) is 36.5 Å². The van der Waals surface area contributed by atoms with Crippen molar-refractivity contribution in [1.29, 1.82) is 0 Å². The molecular weight excluding hydrogens is 210 g/mol. The van der Waals surface area contributed by atoms with E-state index in [1.54, 1.807) is 12.1 Å². The van der Waals surface area contributed by atoms with Gasteiger partial charge in [-0.05, 0) is 30.8 Å². The van der Waals surface area contributed by atoms with Crippen LogP contribution in [0.5, 0.6) is 5.75 Å². The number of phenolic OH excluding ortho intramolecular Hbond substituents is 1. The summed E-state index contributed by atoms with van der Waals surface area (Å²) in [6.07, 6.45) is 3.89. The van der Waals surface area contributed by atoms with Crippen molar-refractivity contribution in [1.82, 2.24) is 4.90 Å². The van der Waals surface area contributed by atoms with Crippen LogP contribution in [0.4, 0.5) is 0 Å². The summed E-state index contributed by atoms with van der Waals surface area (Å²) in [5.41, 5.74) is 1.09. The maximum Gasteiger partial charge on any atom is 0.115 e. The molecule has 0 aliphatic carbocycles. The summed E-state index contributed by atoms with van der Waals surface area (Å²) in [7, 11) is 0. The lowest BCUT2D eigenvalue weighted by atomic mass is 10.2. The summed E-state index contributed by atoms with van der Waals surface area (Å²) in [6.45, 7) is 3.79. The van der Waals surface area contributed by atoms with Gasteiger partial charge in [0.1, 0.15) is 5.75 Å². The van der Waals surface area contributed by atoms with E-state index in [0.717, 1.165) is 18.7 Å². The molecule has 0 amide bonds. The van der Waals surface area contributed by atoms with E-state index in [-0.39, 0.29) is 0 Å². The second-order valence-corrected chi connectivity index (χ2v) is 3.58. The Morgan fingerprint density at radius 3 is 2.87 bits per heavy atom. The lowest BCUT2D eigenvalue weighted by Crippen LogP contribution is -2.15. The Hall–Kier alpha value is -1.15. The minimum absolute atomic E-state index is 0.310. The van der Waals surface area contributed by atoms with Crippen molar-refractivity contribution < 1.29 is 5.11 Å². The predicted octanol–water partition coefficient (Wildman–Crippen LogP) is 2.97. The Labute approximate surface area is 95.8 Å². The molecule has 0 aliphatic rings. The summed E-state index contributed by atoms with van der Waals surface area (Å²) in [4.78, 5) is 2.14. The second-order valence-electron chi connectivity index (χ2n) is 3.27.